The topological polar surface area (TPSA) is 69.4 Å². The Morgan fingerprint density at radius 2 is 1.89 bits per heavy atom. The monoisotopic (exact) mass is 265 g/mol. The molecule has 1 aromatic rings. The van der Waals surface area contributed by atoms with Crippen LogP contribution in [0.25, 0.3) is 0 Å². The van der Waals surface area contributed by atoms with E-state index in [4.69, 9.17) is 4.74 Å². The molecule has 0 atom stereocenters. The van der Waals surface area contributed by atoms with E-state index in [0.717, 1.165) is 19.3 Å². The van der Waals surface area contributed by atoms with E-state index in [9.17, 15) is 14.9 Å². The molecule has 0 aliphatic carbocycles. The van der Waals surface area contributed by atoms with Gasteiger partial charge in [-0.25, -0.2) is 0 Å². The third kappa shape index (κ3) is 5.99. The Balaban J connectivity index is 2.34. The number of unbranched alkanes of at least 4 members (excludes halogenated alkanes) is 1. The molecule has 0 N–H and O–H groups in total. The third-order valence-electron chi connectivity index (χ3n) is 2.69. The maximum absolute atomic E-state index is 11.5. The second kappa shape index (κ2) is 7.51. The van der Waals surface area contributed by atoms with Gasteiger partial charge >= 0.3 is 5.97 Å². The fourth-order valence-corrected chi connectivity index (χ4v) is 1.64. The summed E-state index contributed by atoms with van der Waals surface area (Å²) in [5, 5.41) is 10.5. The standard InChI is InChI=1S/C14H19NO4/c1-11(2)5-3-4-6-14(16)19-13-9-7-12(8-10-13)15(17)18/h7-11H,3-6H2,1-2H3. The summed E-state index contributed by atoms with van der Waals surface area (Å²) in [5.74, 6) is 0.697. The molecule has 0 unspecified atom stereocenters. The zero-order valence-electron chi connectivity index (χ0n) is 11.3. The highest BCUT2D eigenvalue weighted by Gasteiger charge is 2.08. The van der Waals surface area contributed by atoms with Crippen molar-refractivity contribution in [1.29, 1.82) is 0 Å². The molecule has 0 saturated heterocycles. The highest BCUT2D eigenvalue weighted by Crippen LogP contribution is 2.18. The average Bonchev–Trinajstić information content (AvgIpc) is 2.35. The molecule has 0 radical (unpaired) electrons. The lowest BCUT2D eigenvalue weighted by Crippen LogP contribution is -2.07. The van der Waals surface area contributed by atoms with Gasteiger partial charge in [-0.05, 0) is 24.5 Å². The Morgan fingerprint density at radius 3 is 2.42 bits per heavy atom. The van der Waals surface area contributed by atoms with Crippen LogP contribution in [-0.2, 0) is 4.79 Å². The molecule has 0 fully saturated rings. The molecular weight excluding hydrogens is 246 g/mol. The van der Waals surface area contributed by atoms with Crippen molar-refractivity contribution in [1.82, 2.24) is 0 Å². The zero-order chi connectivity index (χ0) is 14.3. The van der Waals surface area contributed by atoms with Crippen LogP contribution in [0.3, 0.4) is 0 Å². The maximum Gasteiger partial charge on any atom is 0.311 e. The molecule has 0 aromatic heterocycles. The average molecular weight is 265 g/mol. The van der Waals surface area contributed by atoms with Gasteiger partial charge in [-0.3, -0.25) is 14.9 Å². The largest absolute Gasteiger partial charge is 0.427 e. The number of nitrogens with zero attached hydrogens (tertiary/aromatic N) is 1. The van der Waals surface area contributed by atoms with Gasteiger partial charge < -0.3 is 4.74 Å². The molecule has 5 nitrogen and oxygen atoms in total. The van der Waals surface area contributed by atoms with Crippen molar-refractivity contribution in [3.63, 3.8) is 0 Å². The van der Waals surface area contributed by atoms with Gasteiger partial charge in [0.2, 0.25) is 0 Å². The lowest BCUT2D eigenvalue weighted by molar-refractivity contribution is -0.384. The number of nitro groups is 1. The van der Waals surface area contributed by atoms with Gasteiger partial charge in [-0.1, -0.05) is 26.7 Å². The normalized spacial score (nSPS) is 10.5. The van der Waals surface area contributed by atoms with E-state index in [-0.39, 0.29) is 11.7 Å². The summed E-state index contributed by atoms with van der Waals surface area (Å²) in [6.45, 7) is 4.30. The number of ether oxygens (including phenoxy) is 1. The van der Waals surface area contributed by atoms with Crippen molar-refractivity contribution >= 4 is 11.7 Å². The van der Waals surface area contributed by atoms with Crippen molar-refractivity contribution < 1.29 is 14.5 Å². The summed E-state index contributed by atoms with van der Waals surface area (Å²) in [4.78, 5) is 21.5. The molecule has 104 valence electrons. The van der Waals surface area contributed by atoms with Gasteiger partial charge in [-0.15, -0.1) is 0 Å². The summed E-state index contributed by atoms with van der Waals surface area (Å²) in [5.41, 5.74) is -0.0169. The number of benzene rings is 1. The fraction of sp³-hybridized carbons (Fsp3) is 0.500. The number of nitro benzene ring substituents is 1. The summed E-state index contributed by atoms with van der Waals surface area (Å²) in [7, 11) is 0. The minimum atomic E-state index is -0.489. The SMILES string of the molecule is CC(C)CCCCC(=O)Oc1ccc([N+](=O)[O-])cc1. The summed E-state index contributed by atoms with van der Waals surface area (Å²) in [6, 6.07) is 5.51. The van der Waals surface area contributed by atoms with Crippen molar-refractivity contribution in [2.75, 3.05) is 0 Å². The first-order chi connectivity index (χ1) is 8.99. The third-order valence-corrected chi connectivity index (χ3v) is 2.69. The smallest absolute Gasteiger partial charge is 0.311 e. The van der Waals surface area contributed by atoms with E-state index < -0.39 is 4.92 Å². The summed E-state index contributed by atoms with van der Waals surface area (Å²) >= 11 is 0. The quantitative estimate of drug-likeness (QED) is 0.248. The van der Waals surface area contributed by atoms with Gasteiger partial charge in [-0.2, -0.15) is 0 Å². The minimum absolute atomic E-state index is 0.0169. The van der Waals surface area contributed by atoms with Gasteiger partial charge in [0.15, 0.2) is 0 Å². The van der Waals surface area contributed by atoms with Crippen LogP contribution in [0.1, 0.15) is 39.5 Å². The molecule has 0 spiro atoms. The number of rotatable bonds is 7. The number of hydrogen-bond acceptors (Lipinski definition) is 4. The van der Waals surface area contributed by atoms with Crippen molar-refractivity contribution in [2.24, 2.45) is 5.92 Å². The van der Waals surface area contributed by atoms with Gasteiger partial charge in [0.25, 0.3) is 5.69 Å². The lowest BCUT2D eigenvalue weighted by Gasteiger charge is -2.05. The molecular formula is C14H19NO4. The van der Waals surface area contributed by atoms with E-state index in [1.54, 1.807) is 0 Å². The fourth-order valence-electron chi connectivity index (χ4n) is 1.64. The zero-order valence-corrected chi connectivity index (χ0v) is 11.3. The number of carbonyl (C=O) groups is 1. The highest BCUT2D eigenvalue weighted by atomic mass is 16.6. The molecule has 0 amide bonds. The van der Waals surface area contributed by atoms with Crippen LogP contribution in [0.15, 0.2) is 24.3 Å². The molecule has 0 bridgehead atoms. The molecule has 19 heavy (non-hydrogen) atoms. The molecule has 0 saturated carbocycles. The van der Waals surface area contributed by atoms with Gasteiger partial charge in [0, 0.05) is 18.6 Å². The molecule has 1 aromatic carbocycles. The van der Waals surface area contributed by atoms with E-state index in [2.05, 4.69) is 13.8 Å². The van der Waals surface area contributed by atoms with Crippen LogP contribution in [0.2, 0.25) is 0 Å². The molecule has 0 heterocycles. The van der Waals surface area contributed by atoms with Gasteiger partial charge in [0.1, 0.15) is 5.75 Å². The Morgan fingerprint density at radius 1 is 1.26 bits per heavy atom. The summed E-state index contributed by atoms with van der Waals surface area (Å²) in [6.07, 6.45) is 3.30. The maximum atomic E-state index is 11.5. The molecule has 0 aliphatic rings. The Bertz CT molecular complexity index is 426. The number of non-ortho nitro benzene ring substituents is 1. The van der Waals surface area contributed by atoms with Crippen LogP contribution in [0, 0.1) is 16.0 Å². The van der Waals surface area contributed by atoms with E-state index in [0.29, 0.717) is 18.1 Å². The Hall–Kier alpha value is -1.91. The second-order valence-corrected chi connectivity index (χ2v) is 4.86. The second-order valence-electron chi connectivity index (χ2n) is 4.86. The first kappa shape index (κ1) is 15.1. The van der Waals surface area contributed by atoms with Crippen LogP contribution in [-0.4, -0.2) is 10.9 Å². The Kier molecular flexibility index (Phi) is 5.99. The first-order valence-electron chi connectivity index (χ1n) is 6.44. The number of esters is 1. The molecule has 0 aliphatic heterocycles. The van der Waals surface area contributed by atoms with Crippen molar-refractivity contribution in [2.45, 2.75) is 39.5 Å². The lowest BCUT2D eigenvalue weighted by atomic mass is 10.1. The predicted octanol–water partition coefficient (Wildman–Crippen LogP) is 3.72. The first-order valence-corrected chi connectivity index (χ1v) is 6.44. The number of carbonyl (C=O) groups excluding carboxylic acids is 1. The van der Waals surface area contributed by atoms with Crippen LogP contribution in [0.4, 0.5) is 5.69 Å². The van der Waals surface area contributed by atoms with Crippen LogP contribution in [0.5, 0.6) is 5.75 Å². The van der Waals surface area contributed by atoms with Crippen LogP contribution < -0.4 is 4.74 Å². The predicted molar refractivity (Wildman–Crippen MR) is 72.0 cm³/mol. The van der Waals surface area contributed by atoms with Crippen molar-refractivity contribution in [3.8, 4) is 5.75 Å². The van der Waals surface area contributed by atoms with E-state index >= 15 is 0 Å². The van der Waals surface area contributed by atoms with Crippen LogP contribution >= 0.6 is 0 Å². The number of hydrogen-bond donors (Lipinski definition) is 0. The molecule has 5 heteroatoms. The summed E-state index contributed by atoms with van der Waals surface area (Å²) < 4.78 is 5.09. The van der Waals surface area contributed by atoms with Crippen molar-refractivity contribution in [3.05, 3.63) is 34.4 Å². The molecule has 1 rings (SSSR count). The van der Waals surface area contributed by atoms with E-state index in [1.807, 2.05) is 0 Å². The minimum Gasteiger partial charge on any atom is -0.427 e. The Labute approximate surface area is 112 Å². The van der Waals surface area contributed by atoms with E-state index in [1.165, 1.54) is 24.3 Å². The van der Waals surface area contributed by atoms with Gasteiger partial charge in [0.05, 0.1) is 4.92 Å². The highest BCUT2D eigenvalue weighted by molar-refractivity contribution is 5.72.